The van der Waals surface area contributed by atoms with E-state index in [1.165, 1.54) is 18.4 Å². The summed E-state index contributed by atoms with van der Waals surface area (Å²) < 4.78 is 3.74. The molecule has 2 saturated carbocycles. The van der Waals surface area contributed by atoms with Crippen LogP contribution in [0.1, 0.15) is 31.0 Å². The Hall–Kier alpha value is -2.99. The maximum Gasteiger partial charge on any atom is 0.260 e. The number of pyridine rings is 3. The second kappa shape index (κ2) is 5.76. The molecule has 0 unspecified atom stereocenters. The second-order valence-corrected chi connectivity index (χ2v) is 9.04. The molecule has 6 nitrogen and oxygen atoms in total. The molecule has 0 radical (unpaired) electrons. The number of hydrogen-bond donors (Lipinski definition) is 1. The molecule has 2 fully saturated rings. The Balaban J connectivity index is 1.20. The molecule has 0 spiro atoms. The van der Waals surface area contributed by atoms with Gasteiger partial charge in [-0.05, 0) is 52.8 Å². The quantitative estimate of drug-likeness (QED) is 0.554. The predicted molar refractivity (Wildman–Crippen MR) is 112 cm³/mol. The van der Waals surface area contributed by atoms with E-state index in [4.69, 9.17) is 0 Å². The van der Waals surface area contributed by atoms with Crippen LogP contribution in [-0.2, 0) is 13.1 Å². The van der Waals surface area contributed by atoms with Crippen LogP contribution in [0.5, 0.6) is 0 Å². The fraction of sp³-hybridized carbons (Fsp3) is 0.348. The van der Waals surface area contributed by atoms with E-state index in [-0.39, 0.29) is 5.56 Å². The number of nitrogens with one attached hydrogen (secondary N) is 1. The summed E-state index contributed by atoms with van der Waals surface area (Å²) in [6, 6.07) is 7.98. The van der Waals surface area contributed by atoms with Crippen molar-refractivity contribution in [2.75, 3.05) is 6.54 Å². The number of rotatable bonds is 6. The number of hydrogen-bond acceptors (Lipinski definition) is 4. The SMILES string of the molecule is CC12CC1(CNCc1ccc3nc(Cn4ccc5ccncc5c4=O)cn3c1)C2. The van der Waals surface area contributed by atoms with Gasteiger partial charge in [0.15, 0.2) is 0 Å². The first-order chi connectivity index (χ1) is 14.1. The minimum absolute atomic E-state index is 0.0379. The minimum atomic E-state index is -0.0379. The molecule has 0 amide bonds. The summed E-state index contributed by atoms with van der Waals surface area (Å²) in [6.45, 7) is 4.83. The molecular formula is C23H23N5O. The van der Waals surface area contributed by atoms with Gasteiger partial charge >= 0.3 is 0 Å². The Kier molecular flexibility index (Phi) is 3.36. The normalized spacial score (nSPS) is 24.7. The summed E-state index contributed by atoms with van der Waals surface area (Å²) in [5, 5.41) is 5.16. The highest BCUT2D eigenvalue weighted by Crippen LogP contribution is 2.85. The lowest BCUT2D eigenvalue weighted by atomic mass is 10.2. The van der Waals surface area contributed by atoms with E-state index in [0.29, 0.717) is 22.8 Å². The molecule has 1 N–H and O–H groups in total. The van der Waals surface area contributed by atoms with Gasteiger partial charge in [0.2, 0.25) is 0 Å². The summed E-state index contributed by atoms with van der Waals surface area (Å²) in [4.78, 5) is 21.5. The number of nitrogens with zero attached hydrogens (tertiary/aromatic N) is 4. The highest BCUT2D eigenvalue weighted by Gasteiger charge is 2.79. The molecule has 0 atom stereocenters. The first-order valence-electron chi connectivity index (χ1n) is 10.2. The first-order valence-corrected chi connectivity index (χ1v) is 10.2. The molecule has 0 saturated heterocycles. The van der Waals surface area contributed by atoms with Gasteiger partial charge < -0.3 is 14.3 Å². The first kappa shape index (κ1) is 16.9. The molecule has 146 valence electrons. The Morgan fingerprint density at radius 2 is 2.03 bits per heavy atom. The van der Waals surface area contributed by atoms with Gasteiger partial charge in [0.1, 0.15) is 5.65 Å². The zero-order valence-electron chi connectivity index (χ0n) is 16.4. The van der Waals surface area contributed by atoms with Crippen LogP contribution in [0.2, 0.25) is 0 Å². The van der Waals surface area contributed by atoms with Crippen molar-refractivity contribution >= 4 is 16.4 Å². The zero-order chi connectivity index (χ0) is 19.6. The van der Waals surface area contributed by atoms with Gasteiger partial charge in [0.25, 0.3) is 5.56 Å². The van der Waals surface area contributed by atoms with Crippen LogP contribution in [0.15, 0.2) is 60.0 Å². The lowest BCUT2D eigenvalue weighted by molar-refractivity contribution is 0.551. The van der Waals surface area contributed by atoms with Crippen molar-refractivity contribution in [3.63, 3.8) is 0 Å². The Bertz CT molecular complexity index is 1310. The van der Waals surface area contributed by atoms with Crippen molar-refractivity contribution in [2.45, 2.75) is 32.9 Å². The van der Waals surface area contributed by atoms with Crippen LogP contribution in [0, 0.1) is 10.8 Å². The van der Waals surface area contributed by atoms with E-state index < -0.39 is 0 Å². The predicted octanol–water partition coefficient (Wildman–Crippen LogP) is 2.98. The molecule has 0 aliphatic heterocycles. The van der Waals surface area contributed by atoms with Crippen molar-refractivity contribution in [3.05, 3.63) is 76.9 Å². The van der Waals surface area contributed by atoms with Crippen molar-refractivity contribution in [1.82, 2.24) is 24.3 Å². The molecule has 4 aromatic rings. The topological polar surface area (TPSA) is 64.2 Å². The molecular weight excluding hydrogens is 362 g/mol. The standard InChI is InChI=1S/C23H23N5O/c1-22-13-23(22,14-22)15-25-8-16-2-3-20-26-18(12-28(20)10-16)11-27-7-5-17-4-6-24-9-19(17)21(27)29/h2-7,9-10,12,25H,8,11,13-15H2,1H3. The average molecular weight is 385 g/mol. The fourth-order valence-electron chi connectivity index (χ4n) is 4.83. The van der Waals surface area contributed by atoms with E-state index >= 15 is 0 Å². The molecule has 0 bridgehead atoms. The minimum Gasteiger partial charge on any atom is -0.312 e. The monoisotopic (exact) mass is 385 g/mol. The van der Waals surface area contributed by atoms with Crippen molar-refractivity contribution in [1.29, 1.82) is 0 Å². The van der Waals surface area contributed by atoms with Crippen LogP contribution >= 0.6 is 0 Å². The van der Waals surface area contributed by atoms with Gasteiger partial charge in [-0.2, -0.15) is 0 Å². The molecule has 6 rings (SSSR count). The summed E-state index contributed by atoms with van der Waals surface area (Å²) in [7, 11) is 0. The zero-order valence-corrected chi connectivity index (χ0v) is 16.4. The van der Waals surface area contributed by atoms with Gasteiger partial charge in [-0.25, -0.2) is 4.98 Å². The molecule has 2 aliphatic rings. The van der Waals surface area contributed by atoms with Crippen molar-refractivity contribution in [2.24, 2.45) is 10.8 Å². The van der Waals surface area contributed by atoms with Gasteiger partial charge in [-0.1, -0.05) is 13.0 Å². The smallest absolute Gasteiger partial charge is 0.260 e. The van der Waals surface area contributed by atoms with Crippen LogP contribution in [0.25, 0.3) is 16.4 Å². The van der Waals surface area contributed by atoms with Crippen molar-refractivity contribution in [3.8, 4) is 0 Å². The van der Waals surface area contributed by atoms with Gasteiger partial charge in [-0.15, -0.1) is 0 Å². The lowest BCUT2D eigenvalue weighted by Crippen LogP contribution is -2.20. The largest absolute Gasteiger partial charge is 0.312 e. The van der Waals surface area contributed by atoms with Crippen molar-refractivity contribution < 1.29 is 0 Å². The van der Waals surface area contributed by atoms with Gasteiger partial charge in [0.05, 0.1) is 17.6 Å². The highest BCUT2D eigenvalue weighted by atomic mass is 16.1. The Labute approximate surface area is 168 Å². The number of aromatic nitrogens is 4. The Morgan fingerprint density at radius 3 is 2.86 bits per heavy atom. The van der Waals surface area contributed by atoms with Crippen LogP contribution in [0.3, 0.4) is 0 Å². The maximum absolute atomic E-state index is 12.7. The van der Waals surface area contributed by atoms with Crippen LogP contribution in [0.4, 0.5) is 0 Å². The Morgan fingerprint density at radius 1 is 1.17 bits per heavy atom. The second-order valence-electron chi connectivity index (χ2n) is 9.04. The van der Waals surface area contributed by atoms with Crippen LogP contribution < -0.4 is 10.9 Å². The maximum atomic E-state index is 12.7. The molecule has 29 heavy (non-hydrogen) atoms. The molecule has 2 aliphatic carbocycles. The highest BCUT2D eigenvalue weighted by molar-refractivity contribution is 5.80. The third kappa shape index (κ3) is 2.70. The third-order valence-corrected chi connectivity index (χ3v) is 6.95. The summed E-state index contributed by atoms with van der Waals surface area (Å²) >= 11 is 0. The summed E-state index contributed by atoms with van der Waals surface area (Å²) in [5.41, 5.74) is 4.24. The summed E-state index contributed by atoms with van der Waals surface area (Å²) in [5.74, 6) is 0. The van der Waals surface area contributed by atoms with E-state index in [1.807, 2.05) is 30.6 Å². The molecule has 0 aromatic carbocycles. The van der Waals surface area contributed by atoms with E-state index in [9.17, 15) is 4.79 Å². The lowest BCUT2D eigenvalue weighted by Gasteiger charge is -2.07. The summed E-state index contributed by atoms with van der Waals surface area (Å²) in [6.07, 6.45) is 12.1. The van der Waals surface area contributed by atoms with E-state index in [0.717, 1.165) is 29.8 Å². The van der Waals surface area contributed by atoms with E-state index in [2.05, 4.69) is 38.9 Å². The third-order valence-electron chi connectivity index (χ3n) is 6.95. The average Bonchev–Trinajstić information content (AvgIpc) is 3.38. The number of imidazole rings is 1. The van der Waals surface area contributed by atoms with Crippen LogP contribution in [-0.4, -0.2) is 25.5 Å². The van der Waals surface area contributed by atoms with Gasteiger partial charge in [-0.3, -0.25) is 9.78 Å². The number of fused-ring (bicyclic) bond motifs is 3. The molecule has 4 aromatic heterocycles. The fourth-order valence-corrected chi connectivity index (χ4v) is 4.83. The molecule has 4 heterocycles. The molecule has 6 heteroatoms. The van der Waals surface area contributed by atoms with Gasteiger partial charge in [0, 0.05) is 44.1 Å². The van der Waals surface area contributed by atoms with E-state index in [1.54, 1.807) is 17.0 Å².